The van der Waals surface area contributed by atoms with Gasteiger partial charge in [-0.05, 0) is 54.8 Å². The van der Waals surface area contributed by atoms with Crippen LogP contribution in [0.1, 0.15) is 29.9 Å². The molecule has 2 aromatic carbocycles. The SMILES string of the molecule is Fc1cccc(C(CCCN2CCNCC2)c2cccc(F)c2)c1. The van der Waals surface area contributed by atoms with Crippen molar-refractivity contribution < 1.29 is 8.78 Å². The maximum Gasteiger partial charge on any atom is 0.123 e. The lowest BCUT2D eigenvalue weighted by atomic mass is 9.87. The first-order valence-corrected chi connectivity index (χ1v) is 8.66. The summed E-state index contributed by atoms with van der Waals surface area (Å²) in [5, 5.41) is 3.35. The molecule has 1 aliphatic rings. The molecule has 0 aliphatic carbocycles. The van der Waals surface area contributed by atoms with Crippen LogP contribution >= 0.6 is 0 Å². The molecule has 2 aromatic rings. The Kier molecular flexibility index (Phi) is 5.94. The van der Waals surface area contributed by atoms with Crippen molar-refractivity contribution in [1.82, 2.24) is 10.2 Å². The molecular formula is C20H24F2N2. The van der Waals surface area contributed by atoms with Gasteiger partial charge in [0.2, 0.25) is 0 Å². The summed E-state index contributed by atoms with van der Waals surface area (Å²) in [7, 11) is 0. The van der Waals surface area contributed by atoms with E-state index in [2.05, 4.69) is 10.2 Å². The first-order chi connectivity index (χ1) is 11.7. The van der Waals surface area contributed by atoms with Crippen molar-refractivity contribution in [3.8, 4) is 0 Å². The van der Waals surface area contributed by atoms with Crippen molar-refractivity contribution in [2.45, 2.75) is 18.8 Å². The molecule has 2 nitrogen and oxygen atoms in total. The van der Waals surface area contributed by atoms with Gasteiger partial charge in [-0.3, -0.25) is 0 Å². The normalized spacial score (nSPS) is 15.8. The van der Waals surface area contributed by atoms with Gasteiger partial charge in [0.25, 0.3) is 0 Å². The lowest BCUT2D eigenvalue weighted by Crippen LogP contribution is -2.43. The highest BCUT2D eigenvalue weighted by Crippen LogP contribution is 2.30. The first kappa shape index (κ1) is 17.1. The summed E-state index contributed by atoms with van der Waals surface area (Å²) in [4.78, 5) is 2.45. The Labute approximate surface area is 142 Å². The van der Waals surface area contributed by atoms with Crippen LogP contribution in [0.4, 0.5) is 8.78 Å². The fourth-order valence-electron chi connectivity index (χ4n) is 3.43. The van der Waals surface area contributed by atoms with Crippen LogP contribution in [0, 0.1) is 11.6 Å². The van der Waals surface area contributed by atoms with Crippen LogP contribution in [0.25, 0.3) is 0 Å². The minimum atomic E-state index is -0.240. The Morgan fingerprint density at radius 1 is 0.917 bits per heavy atom. The Hall–Kier alpha value is -1.78. The van der Waals surface area contributed by atoms with Crippen molar-refractivity contribution in [3.05, 3.63) is 71.3 Å². The zero-order valence-corrected chi connectivity index (χ0v) is 13.8. The Bertz CT molecular complexity index is 608. The quantitative estimate of drug-likeness (QED) is 0.867. The van der Waals surface area contributed by atoms with Gasteiger partial charge in [-0.2, -0.15) is 0 Å². The second kappa shape index (κ2) is 8.36. The van der Waals surface area contributed by atoms with Crippen LogP contribution in [-0.4, -0.2) is 37.6 Å². The van der Waals surface area contributed by atoms with E-state index < -0.39 is 0 Å². The van der Waals surface area contributed by atoms with E-state index in [4.69, 9.17) is 0 Å². The Morgan fingerprint density at radius 2 is 1.50 bits per heavy atom. The number of halogens is 2. The third kappa shape index (κ3) is 4.62. The molecule has 0 amide bonds. The number of hydrogen-bond acceptors (Lipinski definition) is 2. The third-order valence-electron chi connectivity index (χ3n) is 4.68. The smallest absolute Gasteiger partial charge is 0.123 e. The van der Waals surface area contributed by atoms with E-state index in [1.54, 1.807) is 24.3 Å². The van der Waals surface area contributed by atoms with Crippen molar-refractivity contribution in [3.63, 3.8) is 0 Å². The summed E-state index contributed by atoms with van der Waals surface area (Å²) in [5.74, 6) is -0.452. The number of nitrogens with zero attached hydrogens (tertiary/aromatic N) is 1. The number of hydrogen-bond donors (Lipinski definition) is 1. The van der Waals surface area contributed by atoms with E-state index in [0.29, 0.717) is 0 Å². The molecule has 1 saturated heterocycles. The fourth-order valence-corrected chi connectivity index (χ4v) is 3.43. The van der Waals surface area contributed by atoms with Crippen LogP contribution in [-0.2, 0) is 0 Å². The van der Waals surface area contributed by atoms with Crippen molar-refractivity contribution >= 4 is 0 Å². The van der Waals surface area contributed by atoms with Gasteiger partial charge < -0.3 is 10.2 Å². The van der Waals surface area contributed by atoms with Gasteiger partial charge in [0.1, 0.15) is 11.6 Å². The molecule has 1 N–H and O–H groups in total. The Balaban J connectivity index is 1.72. The summed E-state index contributed by atoms with van der Waals surface area (Å²) in [6.07, 6.45) is 1.90. The molecule has 0 saturated carbocycles. The van der Waals surface area contributed by atoms with Crippen molar-refractivity contribution in [1.29, 1.82) is 0 Å². The number of piperazine rings is 1. The highest BCUT2D eigenvalue weighted by molar-refractivity contribution is 5.33. The van der Waals surface area contributed by atoms with Gasteiger partial charge in [0.15, 0.2) is 0 Å². The lowest BCUT2D eigenvalue weighted by Gasteiger charge is -2.28. The standard InChI is InChI=1S/C20H24F2N2/c21-18-6-1-4-16(14-18)20(17-5-2-7-19(22)15-17)8-3-11-24-12-9-23-10-13-24/h1-2,4-7,14-15,20,23H,3,8-13H2. The second-order valence-corrected chi connectivity index (χ2v) is 6.40. The maximum atomic E-state index is 13.6. The molecule has 3 rings (SSSR count). The van der Waals surface area contributed by atoms with Crippen LogP contribution in [0.3, 0.4) is 0 Å². The maximum absolute atomic E-state index is 13.6. The van der Waals surface area contributed by atoms with Gasteiger partial charge >= 0.3 is 0 Å². The lowest BCUT2D eigenvalue weighted by molar-refractivity contribution is 0.235. The van der Waals surface area contributed by atoms with Crippen LogP contribution < -0.4 is 5.32 Å². The molecule has 0 radical (unpaired) electrons. The molecule has 128 valence electrons. The van der Waals surface area contributed by atoms with E-state index in [9.17, 15) is 8.78 Å². The summed E-state index contributed by atoms with van der Waals surface area (Å²) >= 11 is 0. The topological polar surface area (TPSA) is 15.3 Å². The second-order valence-electron chi connectivity index (χ2n) is 6.40. The molecule has 0 aromatic heterocycles. The predicted molar refractivity (Wildman–Crippen MR) is 93.2 cm³/mol. The van der Waals surface area contributed by atoms with E-state index in [-0.39, 0.29) is 17.6 Å². The summed E-state index contributed by atoms with van der Waals surface area (Å²) in [5.41, 5.74) is 1.84. The molecule has 1 aliphatic heterocycles. The summed E-state index contributed by atoms with van der Waals surface area (Å²) in [6.45, 7) is 5.26. The number of nitrogens with one attached hydrogen (secondary N) is 1. The van der Waals surface area contributed by atoms with Gasteiger partial charge in [-0.1, -0.05) is 24.3 Å². The minimum Gasteiger partial charge on any atom is -0.314 e. The molecule has 0 atom stereocenters. The molecule has 24 heavy (non-hydrogen) atoms. The Morgan fingerprint density at radius 3 is 2.04 bits per heavy atom. The highest BCUT2D eigenvalue weighted by Gasteiger charge is 2.17. The largest absolute Gasteiger partial charge is 0.314 e. The summed E-state index contributed by atoms with van der Waals surface area (Å²) < 4.78 is 27.3. The van der Waals surface area contributed by atoms with Gasteiger partial charge in [0.05, 0.1) is 0 Å². The molecule has 0 bridgehead atoms. The minimum absolute atomic E-state index is 0.0271. The monoisotopic (exact) mass is 330 g/mol. The zero-order chi connectivity index (χ0) is 16.8. The first-order valence-electron chi connectivity index (χ1n) is 8.66. The molecule has 0 unspecified atom stereocenters. The van der Waals surface area contributed by atoms with Gasteiger partial charge in [-0.25, -0.2) is 8.78 Å². The molecular weight excluding hydrogens is 306 g/mol. The van der Waals surface area contributed by atoms with Gasteiger partial charge in [-0.15, -0.1) is 0 Å². The highest BCUT2D eigenvalue weighted by atomic mass is 19.1. The van der Waals surface area contributed by atoms with Gasteiger partial charge in [0, 0.05) is 32.1 Å². The van der Waals surface area contributed by atoms with Crippen molar-refractivity contribution in [2.24, 2.45) is 0 Å². The van der Waals surface area contributed by atoms with E-state index in [0.717, 1.165) is 56.7 Å². The van der Waals surface area contributed by atoms with Crippen LogP contribution in [0.5, 0.6) is 0 Å². The van der Waals surface area contributed by atoms with Crippen LogP contribution in [0.2, 0.25) is 0 Å². The summed E-state index contributed by atoms with van der Waals surface area (Å²) in [6, 6.07) is 13.4. The predicted octanol–water partition coefficient (Wildman–Crippen LogP) is 3.78. The molecule has 0 spiro atoms. The molecule has 4 heteroatoms. The fraction of sp³-hybridized carbons (Fsp3) is 0.400. The van der Waals surface area contributed by atoms with E-state index in [1.807, 2.05) is 12.1 Å². The van der Waals surface area contributed by atoms with E-state index >= 15 is 0 Å². The van der Waals surface area contributed by atoms with Crippen LogP contribution in [0.15, 0.2) is 48.5 Å². The number of rotatable bonds is 6. The zero-order valence-electron chi connectivity index (χ0n) is 13.8. The average Bonchev–Trinajstić information content (AvgIpc) is 2.59. The third-order valence-corrected chi connectivity index (χ3v) is 4.68. The average molecular weight is 330 g/mol. The molecule has 1 fully saturated rings. The number of benzene rings is 2. The van der Waals surface area contributed by atoms with Crippen molar-refractivity contribution in [2.75, 3.05) is 32.7 Å². The molecule has 1 heterocycles. The van der Waals surface area contributed by atoms with E-state index in [1.165, 1.54) is 12.1 Å².